The highest BCUT2D eigenvalue weighted by atomic mass is 32.2. The summed E-state index contributed by atoms with van der Waals surface area (Å²) in [5.74, 6) is -0.983. The van der Waals surface area contributed by atoms with Crippen LogP contribution in [0.5, 0.6) is 0 Å². The zero-order chi connectivity index (χ0) is 20.3. The highest BCUT2D eigenvalue weighted by Gasteiger charge is 2.33. The summed E-state index contributed by atoms with van der Waals surface area (Å²) in [6.45, 7) is 1.29. The molecule has 2 heterocycles. The third-order valence-corrected chi connectivity index (χ3v) is 5.58. The second kappa shape index (κ2) is 8.16. The molecule has 2 aliphatic heterocycles. The number of amides is 1. The molecule has 1 aromatic rings. The SMILES string of the molecule is N#CC=C1CCN(c2ccc(N3CC(CCS(=O)(=O)O)OC3=O)cc2F)CC1. The van der Waals surface area contributed by atoms with Crippen molar-refractivity contribution in [2.24, 2.45) is 0 Å². The summed E-state index contributed by atoms with van der Waals surface area (Å²) in [5, 5.41) is 8.71. The molecule has 150 valence electrons. The Bertz CT molecular complexity index is 931. The lowest BCUT2D eigenvalue weighted by Crippen LogP contribution is -2.31. The molecule has 0 bridgehead atoms. The number of benzene rings is 1. The highest BCUT2D eigenvalue weighted by molar-refractivity contribution is 7.85. The maximum Gasteiger partial charge on any atom is 0.414 e. The summed E-state index contributed by atoms with van der Waals surface area (Å²) in [6.07, 6.45) is 1.52. The first-order valence-corrected chi connectivity index (χ1v) is 10.4. The number of ether oxygens (including phenoxy) is 1. The van der Waals surface area contributed by atoms with Gasteiger partial charge in [0.25, 0.3) is 10.1 Å². The van der Waals surface area contributed by atoms with E-state index in [-0.39, 0.29) is 13.0 Å². The largest absolute Gasteiger partial charge is 0.444 e. The quantitative estimate of drug-likeness (QED) is 0.587. The Morgan fingerprint density at radius 2 is 2.07 bits per heavy atom. The molecule has 0 aromatic heterocycles. The van der Waals surface area contributed by atoms with Gasteiger partial charge in [0, 0.05) is 25.6 Å². The Balaban J connectivity index is 1.67. The van der Waals surface area contributed by atoms with E-state index in [1.54, 1.807) is 12.1 Å². The summed E-state index contributed by atoms with van der Waals surface area (Å²) in [7, 11) is -4.14. The molecule has 1 N–H and O–H groups in total. The fraction of sp³-hybridized carbons (Fsp3) is 0.444. The van der Waals surface area contributed by atoms with Crippen LogP contribution in [0, 0.1) is 17.1 Å². The minimum Gasteiger partial charge on any atom is -0.444 e. The lowest BCUT2D eigenvalue weighted by molar-refractivity contribution is 0.139. The van der Waals surface area contributed by atoms with Crippen molar-refractivity contribution in [2.75, 3.05) is 35.2 Å². The Hall–Kier alpha value is -2.64. The first-order chi connectivity index (χ1) is 13.3. The van der Waals surface area contributed by atoms with E-state index in [2.05, 4.69) is 0 Å². The maximum atomic E-state index is 14.7. The molecule has 1 aromatic carbocycles. The average molecular weight is 409 g/mol. The zero-order valence-corrected chi connectivity index (χ0v) is 15.9. The Labute approximate surface area is 162 Å². The van der Waals surface area contributed by atoms with Gasteiger partial charge < -0.3 is 9.64 Å². The van der Waals surface area contributed by atoms with E-state index < -0.39 is 33.9 Å². The van der Waals surface area contributed by atoms with Gasteiger partial charge in [-0.2, -0.15) is 13.7 Å². The first-order valence-electron chi connectivity index (χ1n) is 8.82. The minimum absolute atomic E-state index is 0.0338. The topological polar surface area (TPSA) is 111 Å². The zero-order valence-electron chi connectivity index (χ0n) is 15.0. The van der Waals surface area contributed by atoms with Crippen molar-refractivity contribution in [1.29, 1.82) is 5.26 Å². The minimum atomic E-state index is -4.14. The van der Waals surface area contributed by atoms with Crippen molar-refractivity contribution in [1.82, 2.24) is 0 Å². The van der Waals surface area contributed by atoms with Gasteiger partial charge in [-0.3, -0.25) is 9.45 Å². The molecule has 1 unspecified atom stereocenters. The molecule has 0 aliphatic carbocycles. The van der Waals surface area contributed by atoms with Crippen LogP contribution in [0.3, 0.4) is 0 Å². The third-order valence-electron chi connectivity index (χ3n) is 4.83. The number of cyclic esters (lactones) is 1. The van der Waals surface area contributed by atoms with Crippen molar-refractivity contribution in [3.8, 4) is 6.07 Å². The lowest BCUT2D eigenvalue weighted by atomic mass is 10.0. The van der Waals surface area contributed by atoms with E-state index in [1.165, 1.54) is 17.0 Å². The van der Waals surface area contributed by atoms with Gasteiger partial charge >= 0.3 is 6.09 Å². The maximum absolute atomic E-state index is 14.7. The summed E-state index contributed by atoms with van der Waals surface area (Å²) >= 11 is 0. The van der Waals surface area contributed by atoms with Crippen LogP contribution in [-0.4, -0.2) is 50.6 Å². The van der Waals surface area contributed by atoms with Crippen molar-refractivity contribution in [2.45, 2.75) is 25.4 Å². The standard InChI is InChI=1S/C18H20FN3O5S/c19-16-11-14(22-12-15(27-18(22)23)6-10-28(24,25)26)1-2-17(16)21-8-4-13(3-7-20)5-9-21/h1-3,11,15H,4-6,8-10,12H2,(H,24,25,26). The van der Waals surface area contributed by atoms with Crippen molar-refractivity contribution in [3.63, 3.8) is 0 Å². The molecule has 1 amide bonds. The van der Waals surface area contributed by atoms with E-state index in [1.807, 2.05) is 11.0 Å². The van der Waals surface area contributed by atoms with E-state index in [4.69, 9.17) is 14.6 Å². The number of nitrogens with zero attached hydrogens (tertiary/aromatic N) is 3. The number of hydrogen-bond donors (Lipinski definition) is 1. The molecule has 0 saturated carbocycles. The number of piperidine rings is 1. The van der Waals surface area contributed by atoms with Crippen LogP contribution in [0.25, 0.3) is 0 Å². The van der Waals surface area contributed by atoms with E-state index in [0.717, 1.165) is 5.57 Å². The normalized spacial score (nSPS) is 20.1. The van der Waals surface area contributed by atoms with Crippen LogP contribution in [-0.2, 0) is 14.9 Å². The van der Waals surface area contributed by atoms with Crippen LogP contribution in [0.1, 0.15) is 19.3 Å². The predicted molar refractivity (Wildman–Crippen MR) is 100 cm³/mol. The molecule has 10 heteroatoms. The van der Waals surface area contributed by atoms with Crippen LogP contribution in [0.2, 0.25) is 0 Å². The molecule has 2 fully saturated rings. The van der Waals surface area contributed by atoms with Gasteiger partial charge in [-0.15, -0.1) is 0 Å². The fourth-order valence-corrected chi connectivity index (χ4v) is 3.91. The molecule has 3 rings (SSSR count). The molecule has 1 atom stereocenters. The highest BCUT2D eigenvalue weighted by Crippen LogP contribution is 2.30. The van der Waals surface area contributed by atoms with Crippen LogP contribution >= 0.6 is 0 Å². The van der Waals surface area contributed by atoms with Gasteiger partial charge in [0.2, 0.25) is 0 Å². The summed E-state index contributed by atoms with van der Waals surface area (Å²) in [6, 6.07) is 6.48. The van der Waals surface area contributed by atoms with E-state index in [0.29, 0.717) is 37.3 Å². The number of allylic oxidation sites excluding steroid dienone is 1. The number of carbonyl (C=O) groups is 1. The molecule has 2 aliphatic rings. The molecular weight excluding hydrogens is 389 g/mol. The molecular formula is C18H20FN3O5S. The van der Waals surface area contributed by atoms with Gasteiger partial charge in [0.15, 0.2) is 0 Å². The number of anilines is 2. The number of hydrogen-bond acceptors (Lipinski definition) is 6. The lowest BCUT2D eigenvalue weighted by Gasteiger charge is -2.30. The van der Waals surface area contributed by atoms with Gasteiger partial charge in [0.1, 0.15) is 11.9 Å². The Morgan fingerprint density at radius 1 is 1.36 bits per heavy atom. The molecule has 28 heavy (non-hydrogen) atoms. The van der Waals surface area contributed by atoms with Gasteiger partial charge in [-0.25, -0.2) is 9.18 Å². The summed E-state index contributed by atoms with van der Waals surface area (Å²) in [4.78, 5) is 15.2. The second-order valence-electron chi connectivity index (χ2n) is 6.75. The van der Waals surface area contributed by atoms with Crippen LogP contribution in [0.4, 0.5) is 20.6 Å². The van der Waals surface area contributed by atoms with Gasteiger partial charge in [-0.05, 0) is 31.0 Å². The van der Waals surface area contributed by atoms with E-state index >= 15 is 0 Å². The third kappa shape index (κ3) is 4.79. The molecule has 0 spiro atoms. The van der Waals surface area contributed by atoms with Crippen LogP contribution in [0.15, 0.2) is 29.8 Å². The monoisotopic (exact) mass is 409 g/mol. The van der Waals surface area contributed by atoms with Crippen molar-refractivity contribution in [3.05, 3.63) is 35.7 Å². The smallest absolute Gasteiger partial charge is 0.414 e. The summed E-state index contributed by atoms with van der Waals surface area (Å²) in [5.41, 5.74) is 1.80. The Kier molecular flexibility index (Phi) is 5.86. The molecule has 0 radical (unpaired) electrons. The summed E-state index contributed by atoms with van der Waals surface area (Å²) < 4.78 is 50.2. The van der Waals surface area contributed by atoms with Crippen molar-refractivity contribution >= 4 is 27.6 Å². The first kappa shape index (κ1) is 20.1. The molecule has 2 saturated heterocycles. The van der Waals surface area contributed by atoms with Crippen molar-refractivity contribution < 1.29 is 26.9 Å². The Morgan fingerprint density at radius 3 is 2.68 bits per heavy atom. The molecule has 8 nitrogen and oxygen atoms in total. The number of nitriles is 1. The fourth-order valence-electron chi connectivity index (χ4n) is 3.35. The second-order valence-corrected chi connectivity index (χ2v) is 8.32. The van der Waals surface area contributed by atoms with E-state index in [9.17, 15) is 17.6 Å². The van der Waals surface area contributed by atoms with Gasteiger partial charge in [0.05, 0.1) is 29.7 Å². The van der Waals surface area contributed by atoms with Crippen LogP contribution < -0.4 is 9.80 Å². The number of rotatable bonds is 5. The number of halogens is 1. The predicted octanol–water partition coefficient (Wildman–Crippen LogP) is 2.48. The average Bonchev–Trinajstić information content (AvgIpc) is 3.01. The number of carbonyl (C=O) groups excluding carboxylic acids is 1. The van der Waals surface area contributed by atoms with Gasteiger partial charge in [-0.1, -0.05) is 5.57 Å².